The van der Waals surface area contributed by atoms with E-state index in [1.165, 1.54) is 0 Å². The Morgan fingerprint density at radius 3 is 2.85 bits per heavy atom. The summed E-state index contributed by atoms with van der Waals surface area (Å²) in [4.78, 5) is 30.2. The van der Waals surface area contributed by atoms with Crippen LogP contribution < -0.4 is 5.32 Å². The van der Waals surface area contributed by atoms with Crippen molar-refractivity contribution >= 4 is 17.8 Å². The third-order valence-electron chi connectivity index (χ3n) is 3.91. The lowest BCUT2D eigenvalue weighted by molar-refractivity contribution is -0.115. The second-order valence-electron chi connectivity index (χ2n) is 7.23. The fraction of sp³-hybridized carbons (Fsp3) is 0.444. The molecule has 0 bridgehead atoms. The van der Waals surface area contributed by atoms with Crippen LogP contribution in [0.5, 0.6) is 0 Å². The molecule has 0 saturated carbocycles. The van der Waals surface area contributed by atoms with Crippen molar-refractivity contribution in [3.8, 4) is 0 Å². The van der Waals surface area contributed by atoms with Crippen LogP contribution in [0.2, 0.25) is 0 Å². The van der Waals surface area contributed by atoms with Crippen LogP contribution in [0.3, 0.4) is 0 Å². The van der Waals surface area contributed by atoms with E-state index in [1.54, 1.807) is 17.2 Å². The summed E-state index contributed by atoms with van der Waals surface area (Å²) in [6.07, 6.45) is 2.10. The normalized spacial score (nSPS) is 13.9. The maximum Gasteiger partial charge on any atom is 0.410 e. The number of aromatic amines is 1. The van der Waals surface area contributed by atoms with Crippen LogP contribution in [-0.2, 0) is 28.9 Å². The van der Waals surface area contributed by atoms with E-state index >= 15 is 0 Å². The number of nitrogens with zero attached hydrogens (tertiary/aromatic N) is 3. The van der Waals surface area contributed by atoms with Crippen molar-refractivity contribution in [2.45, 2.75) is 45.8 Å². The number of nitrogens with one attached hydrogen (secondary N) is 2. The molecule has 3 heterocycles. The van der Waals surface area contributed by atoms with Crippen molar-refractivity contribution < 1.29 is 14.3 Å². The highest BCUT2D eigenvalue weighted by atomic mass is 16.6. The molecule has 138 valence electrons. The minimum Gasteiger partial charge on any atom is -0.444 e. The second kappa shape index (κ2) is 7.15. The van der Waals surface area contributed by atoms with Gasteiger partial charge in [0.1, 0.15) is 5.60 Å². The van der Waals surface area contributed by atoms with Gasteiger partial charge in [0.25, 0.3) is 0 Å². The molecule has 26 heavy (non-hydrogen) atoms. The summed E-state index contributed by atoms with van der Waals surface area (Å²) in [5, 5.41) is 9.93. The van der Waals surface area contributed by atoms with E-state index in [1.807, 2.05) is 32.9 Å². The van der Waals surface area contributed by atoms with Crippen molar-refractivity contribution in [3.05, 3.63) is 41.3 Å². The zero-order chi connectivity index (χ0) is 18.7. The van der Waals surface area contributed by atoms with Gasteiger partial charge in [-0.1, -0.05) is 6.07 Å². The summed E-state index contributed by atoms with van der Waals surface area (Å²) >= 11 is 0. The molecule has 2 amide bonds. The van der Waals surface area contributed by atoms with Gasteiger partial charge in [0.2, 0.25) is 5.91 Å². The maximum absolute atomic E-state index is 12.2. The predicted octanol–water partition coefficient (Wildman–Crippen LogP) is 2.28. The minimum atomic E-state index is -0.532. The fourth-order valence-corrected chi connectivity index (χ4v) is 2.75. The SMILES string of the molecule is CC(C)(C)OC(=O)N1CCc2c(NC(=O)Cc3ccccn3)n[nH]c2C1. The van der Waals surface area contributed by atoms with E-state index in [4.69, 9.17) is 4.74 Å². The van der Waals surface area contributed by atoms with Gasteiger partial charge in [-0.2, -0.15) is 5.10 Å². The third kappa shape index (κ3) is 4.38. The first kappa shape index (κ1) is 17.9. The first-order valence-corrected chi connectivity index (χ1v) is 8.55. The number of aromatic nitrogens is 3. The summed E-state index contributed by atoms with van der Waals surface area (Å²) in [5.74, 6) is 0.345. The molecule has 8 heteroatoms. The number of pyridine rings is 1. The van der Waals surface area contributed by atoms with E-state index in [9.17, 15) is 9.59 Å². The predicted molar refractivity (Wildman–Crippen MR) is 95.5 cm³/mol. The zero-order valence-electron chi connectivity index (χ0n) is 15.2. The lowest BCUT2D eigenvalue weighted by Crippen LogP contribution is -2.40. The summed E-state index contributed by atoms with van der Waals surface area (Å²) in [7, 11) is 0. The standard InChI is InChI=1S/C18H23N5O3/c1-18(2,3)26-17(25)23-9-7-13-14(11-23)21-22-16(13)20-15(24)10-12-6-4-5-8-19-12/h4-6,8H,7,9-11H2,1-3H3,(H2,20,21,22,24). The molecule has 1 aliphatic heterocycles. The molecular formula is C18H23N5O3. The van der Waals surface area contributed by atoms with Gasteiger partial charge in [-0.15, -0.1) is 0 Å². The Hall–Kier alpha value is -2.90. The van der Waals surface area contributed by atoms with E-state index in [2.05, 4.69) is 20.5 Å². The topological polar surface area (TPSA) is 100 Å². The number of hydrogen-bond donors (Lipinski definition) is 2. The van der Waals surface area contributed by atoms with E-state index in [0.717, 1.165) is 11.3 Å². The number of carbonyl (C=O) groups excluding carboxylic acids is 2. The minimum absolute atomic E-state index is 0.174. The van der Waals surface area contributed by atoms with Gasteiger partial charge in [0, 0.05) is 24.0 Å². The number of rotatable bonds is 3. The van der Waals surface area contributed by atoms with Crippen LogP contribution in [0.25, 0.3) is 0 Å². The average molecular weight is 357 g/mol. The maximum atomic E-state index is 12.2. The van der Waals surface area contributed by atoms with Gasteiger partial charge >= 0.3 is 6.09 Å². The highest BCUT2D eigenvalue weighted by molar-refractivity contribution is 5.92. The first-order valence-electron chi connectivity index (χ1n) is 8.55. The second-order valence-corrected chi connectivity index (χ2v) is 7.23. The number of amides is 2. The molecule has 0 aliphatic carbocycles. The largest absolute Gasteiger partial charge is 0.444 e. The number of fused-ring (bicyclic) bond motifs is 1. The molecule has 2 aromatic heterocycles. The van der Waals surface area contributed by atoms with E-state index in [-0.39, 0.29) is 18.4 Å². The van der Waals surface area contributed by atoms with Crippen LogP contribution in [0.15, 0.2) is 24.4 Å². The van der Waals surface area contributed by atoms with E-state index in [0.29, 0.717) is 31.0 Å². The van der Waals surface area contributed by atoms with Crippen molar-refractivity contribution in [2.24, 2.45) is 0 Å². The summed E-state index contributed by atoms with van der Waals surface area (Å²) in [5.41, 5.74) is 1.91. The van der Waals surface area contributed by atoms with Gasteiger partial charge in [0.05, 0.1) is 18.7 Å². The Morgan fingerprint density at radius 1 is 1.35 bits per heavy atom. The van der Waals surface area contributed by atoms with Crippen molar-refractivity contribution in [2.75, 3.05) is 11.9 Å². The van der Waals surface area contributed by atoms with Gasteiger partial charge in [0.15, 0.2) is 5.82 Å². The van der Waals surface area contributed by atoms with Crippen LogP contribution >= 0.6 is 0 Å². The first-order chi connectivity index (χ1) is 12.3. The summed E-state index contributed by atoms with van der Waals surface area (Å²) < 4.78 is 5.41. The highest BCUT2D eigenvalue weighted by Crippen LogP contribution is 2.25. The Kier molecular flexibility index (Phi) is 4.92. The van der Waals surface area contributed by atoms with Crippen LogP contribution in [0, 0.1) is 0 Å². The molecule has 0 unspecified atom stereocenters. The Morgan fingerprint density at radius 2 is 2.15 bits per heavy atom. The number of H-pyrrole nitrogens is 1. The molecule has 0 atom stereocenters. The molecule has 0 fully saturated rings. The van der Waals surface area contributed by atoms with Gasteiger partial charge < -0.3 is 15.0 Å². The number of anilines is 1. The molecule has 0 spiro atoms. The molecule has 3 rings (SSSR count). The molecule has 2 N–H and O–H groups in total. The smallest absolute Gasteiger partial charge is 0.410 e. The third-order valence-corrected chi connectivity index (χ3v) is 3.91. The van der Waals surface area contributed by atoms with Gasteiger partial charge in [-0.05, 0) is 39.3 Å². The van der Waals surface area contributed by atoms with Crippen molar-refractivity contribution in [1.82, 2.24) is 20.1 Å². The zero-order valence-corrected chi connectivity index (χ0v) is 15.2. The Labute approximate surface area is 151 Å². The van der Waals surface area contributed by atoms with Crippen LogP contribution in [0.1, 0.15) is 37.7 Å². The Bertz CT molecular complexity index is 795. The number of ether oxygens (including phenoxy) is 1. The van der Waals surface area contributed by atoms with Crippen molar-refractivity contribution in [3.63, 3.8) is 0 Å². The molecule has 0 radical (unpaired) electrons. The molecule has 0 saturated heterocycles. The fourth-order valence-electron chi connectivity index (χ4n) is 2.75. The molecule has 8 nitrogen and oxygen atoms in total. The number of carbonyl (C=O) groups is 2. The Balaban J connectivity index is 1.62. The summed E-state index contributed by atoms with van der Waals surface area (Å²) in [6, 6.07) is 5.46. The van der Waals surface area contributed by atoms with Crippen LogP contribution in [0.4, 0.5) is 10.6 Å². The molecule has 0 aromatic carbocycles. The monoisotopic (exact) mass is 357 g/mol. The van der Waals surface area contributed by atoms with Gasteiger partial charge in [-0.25, -0.2) is 4.79 Å². The van der Waals surface area contributed by atoms with Crippen LogP contribution in [-0.4, -0.2) is 44.2 Å². The van der Waals surface area contributed by atoms with E-state index < -0.39 is 5.60 Å². The van der Waals surface area contributed by atoms with Gasteiger partial charge in [-0.3, -0.25) is 14.9 Å². The van der Waals surface area contributed by atoms with Crippen molar-refractivity contribution in [1.29, 1.82) is 0 Å². The quantitative estimate of drug-likeness (QED) is 0.878. The lowest BCUT2D eigenvalue weighted by atomic mass is 10.1. The average Bonchev–Trinajstić information content (AvgIpc) is 2.96. The molecule has 1 aliphatic rings. The molecule has 2 aromatic rings. The number of hydrogen-bond acceptors (Lipinski definition) is 5. The lowest BCUT2D eigenvalue weighted by Gasteiger charge is -2.29. The molecular weight excluding hydrogens is 334 g/mol. The summed E-state index contributed by atoms with van der Waals surface area (Å²) in [6.45, 7) is 6.42. The highest BCUT2D eigenvalue weighted by Gasteiger charge is 2.28.